The van der Waals surface area contributed by atoms with Crippen LogP contribution in [0.3, 0.4) is 0 Å². The quantitative estimate of drug-likeness (QED) is 0.813. The molecule has 15 heavy (non-hydrogen) atoms. The molecule has 0 aliphatic heterocycles. The first-order valence-corrected chi connectivity index (χ1v) is 4.83. The molecule has 0 amide bonds. The molecule has 2 aromatic rings. The minimum atomic E-state index is 0.529. The Hall–Kier alpha value is -1.62. The molecule has 0 saturated heterocycles. The van der Waals surface area contributed by atoms with Crippen molar-refractivity contribution in [2.75, 3.05) is 0 Å². The van der Waals surface area contributed by atoms with E-state index >= 15 is 0 Å². The van der Waals surface area contributed by atoms with Crippen molar-refractivity contribution in [3.63, 3.8) is 0 Å². The molecule has 2 rings (SSSR count). The molecule has 0 unspecified atom stereocenters. The lowest BCUT2D eigenvalue weighted by Gasteiger charge is -2.01. The van der Waals surface area contributed by atoms with Gasteiger partial charge < -0.3 is 10.3 Å². The Morgan fingerprint density at radius 2 is 2.27 bits per heavy atom. The number of aromatic nitrogens is 3. The van der Waals surface area contributed by atoms with Crippen LogP contribution >= 0.6 is 0 Å². The summed E-state index contributed by atoms with van der Waals surface area (Å²) in [6.07, 6.45) is 3.32. The van der Waals surface area contributed by atoms with Crippen LogP contribution in [0.4, 0.5) is 0 Å². The van der Waals surface area contributed by atoms with Gasteiger partial charge in [-0.15, -0.1) is 0 Å². The van der Waals surface area contributed by atoms with Gasteiger partial charge >= 0.3 is 0 Å². The first kappa shape index (κ1) is 9.92. The van der Waals surface area contributed by atoms with Gasteiger partial charge in [0.15, 0.2) is 0 Å². The van der Waals surface area contributed by atoms with Crippen LogP contribution < -0.4 is 5.73 Å². The van der Waals surface area contributed by atoms with E-state index in [1.54, 1.807) is 12.5 Å². The van der Waals surface area contributed by atoms with Crippen LogP contribution in [0.1, 0.15) is 22.5 Å². The second-order valence-electron chi connectivity index (χ2n) is 3.54. The maximum Gasteiger partial charge on any atom is 0.128 e. The summed E-state index contributed by atoms with van der Waals surface area (Å²) in [7, 11) is 0. The van der Waals surface area contributed by atoms with Crippen LogP contribution in [0.5, 0.6) is 0 Å². The normalized spacial score (nSPS) is 10.9. The summed E-state index contributed by atoms with van der Waals surface area (Å²) < 4.78 is 6.69. The maximum absolute atomic E-state index is 5.65. The van der Waals surface area contributed by atoms with E-state index in [0.717, 1.165) is 22.5 Å². The summed E-state index contributed by atoms with van der Waals surface area (Å²) in [6.45, 7) is 5.20. The molecule has 2 N–H and O–H groups in total. The summed E-state index contributed by atoms with van der Waals surface area (Å²) in [5.41, 5.74) is 9.87. The zero-order valence-corrected chi connectivity index (χ0v) is 8.90. The fraction of sp³-hybridized carbons (Fsp3) is 0.400. The third kappa shape index (κ3) is 1.78. The lowest BCUT2D eigenvalue weighted by Crippen LogP contribution is -2.04. The standard InChI is InChI=1S/C10H14N4O/c1-7-10(3-11)8(2)14(13-7)5-9-4-12-15-6-9/h4,6H,3,5,11H2,1-2H3. The van der Waals surface area contributed by atoms with Crippen LogP contribution in [-0.4, -0.2) is 14.9 Å². The lowest BCUT2D eigenvalue weighted by molar-refractivity contribution is 0.418. The summed E-state index contributed by atoms with van der Waals surface area (Å²) in [5.74, 6) is 0. The molecule has 0 aromatic carbocycles. The van der Waals surface area contributed by atoms with Crippen molar-refractivity contribution in [3.05, 3.63) is 35.0 Å². The van der Waals surface area contributed by atoms with Gasteiger partial charge in [-0.3, -0.25) is 4.68 Å². The topological polar surface area (TPSA) is 69.9 Å². The van der Waals surface area contributed by atoms with Gasteiger partial charge in [0.2, 0.25) is 0 Å². The predicted octanol–water partition coefficient (Wildman–Crippen LogP) is 0.995. The molecule has 0 spiro atoms. The average Bonchev–Trinajstić information content (AvgIpc) is 2.78. The third-order valence-electron chi connectivity index (χ3n) is 2.55. The highest BCUT2D eigenvalue weighted by Gasteiger charge is 2.10. The van der Waals surface area contributed by atoms with Crippen molar-refractivity contribution >= 4 is 0 Å². The molecule has 80 valence electrons. The van der Waals surface area contributed by atoms with Gasteiger partial charge in [-0.1, -0.05) is 5.16 Å². The molecule has 0 aliphatic rings. The molecule has 0 saturated carbocycles. The fourth-order valence-electron chi connectivity index (χ4n) is 1.66. The summed E-state index contributed by atoms with van der Waals surface area (Å²) in [5, 5.41) is 8.08. The largest absolute Gasteiger partial charge is 0.364 e. The van der Waals surface area contributed by atoms with Gasteiger partial charge in [0.25, 0.3) is 0 Å². The minimum absolute atomic E-state index is 0.529. The highest BCUT2D eigenvalue weighted by molar-refractivity contribution is 5.24. The number of hydrogen-bond donors (Lipinski definition) is 1. The Morgan fingerprint density at radius 3 is 2.80 bits per heavy atom. The van der Waals surface area contributed by atoms with Gasteiger partial charge in [-0.25, -0.2) is 0 Å². The van der Waals surface area contributed by atoms with Gasteiger partial charge in [0.05, 0.1) is 18.4 Å². The number of rotatable bonds is 3. The Bertz CT molecular complexity index is 444. The summed E-state index contributed by atoms with van der Waals surface area (Å²) >= 11 is 0. The molecular formula is C10H14N4O. The van der Waals surface area contributed by atoms with Crippen LogP contribution in [0.15, 0.2) is 17.0 Å². The molecule has 0 aliphatic carbocycles. The fourth-order valence-corrected chi connectivity index (χ4v) is 1.66. The van der Waals surface area contributed by atoms with E-state index in [-0.39, 0.29) is 0 Å². The van der Waals surface area contributed by atoms with E-state index in [1.165, 1.54) is 0 Å². The van der Waals surface area contributed by atoms with E-state index in [1.807, 2.05) is 18.5 Å². The van der Waals surface area contributed by atoms with Crippen molar-refractivity contribution < 1.29 is 4.52 Å². The van der Waals surface area contributed by atoms with E-state index in [4.69, 9.17) is 10.3 Å². The first-order chi connectivity index (χ1) is 7.22. The number of aryl methyl sites for hydroxylation is 1. The van der Waals surface area contributed by atoms with E-state index in [9.17, 15) is 0 Å². The number of nitrogens with zero attached hydrogens (tertiary/aromatic N) is 3. The van der Waals surface area contributed by atoms with Gasteiger partial charge in [0, 0.05) is 23.4 Å². The number of nitrogens with two attached hydrogens (primary N) is 1. The zero-order chi connectivity index (χ0) is 10.8. The van der Waals surface area contributed by atoms with Crippen molar-refractivity contribution in [2.24, 2.45) is 5.73 Å². The van der Waals surface area contributed by atoms with E-state index in [0.29, 0.717) is 13.1 Å². The first-order valence-electron chi connectivity index (χ1n) is 4.83. The molecule has 0 atom stereocenters. The van der Waals surface area contributed by atoms with Crippen molar-refractivity contribution in [2.45, 2.75) is 26.9 Å². The highest BCUT2D eigenvalue weighted by Crippen LogP contribution is 2.13. The molecular weight excluding hydrogens is 192 g/mol. The molecule has 0 bridgehead atoms. The molecule has 0 fully saturated rings. The average molecular weight is 206 g/mol. The predicted molar refractivity (Wildman–Crippen MR) is 55.2 cm³/mol. The second-order valence-corrected chi connectivity index (χ2v) is 3.54. The Labute approximate surface area is 87.9 Å². The van der Waals surface area contributed by atoms with Crippen LogP contribution in [0.25, 0.3) is 0 Å². The van der Waals surface area contributed by atoms with Gasteiger partial charge in [0.1, 0.15) is 6.26 Å². The van der Waals surface area contributed by atoms with Crippen LogP contribution in [0, 0.1) is 13.8 Å². The van der Waals surface area contributed by atoms with Crippen LogP contribution in [-0.2, 0) is 13.1 Å². The SMILES string of the molecule is Cc1nn(Cc2cnoc2)c(C)c1CN. The summed E-state index contributed by atoms with van der Waals surface area (Å²) in [6, 6.07) is 0. The van der Waals surface area contributed by atoms with Crippen molar-refractivity contribution in [1.29, 1.82) is 0 Å². The van der Waals surface area contributed by atoms with E-state index in [2.05, 4.69) is 10.3 Å². The highest BCUT2D eigenvalue weighted by atomic mass is 16.5. The van der Waals surface area contributed by atoms with Gasteiger partial charge in [-0.2, -0.15) is 5.10 Å². The molecule has 0 radical (unpaired) electrons. The van der Waals surface area contributed by atoms with Crippen molar-refractivity contribution in [1.82, 2.24) is 14.9 Å². The molecule has 2 aromatic heterocycles. The van der Waals surface area contributed by atoms with Crippen LogP contribution in [0.2, 0.25) is 0 Å². The second kappa shape index (κ2) is 3.86. The molecule has 2 heterocycles. The summed E-state index contributed by atoms with van der Waals surface area (Å²) in [4.78, 5) is 0. The Balaban J connectivity index is 2.29. The lowest BCUT2D eigenvalue weighted by atomic mass is 10.2. The Kier molecular flexibility index (Phi) is 2.55. The Morgan fingerprint density at radius 1 is 1.47 bits per heavy atom. The minimum Gasteiger partial charge on any atom is -0.364 e. The third-order valence-corrected chi connectivity index (χ3v) is 2.55. The molecule has 5 heteroatoms. The molecule has 5 nitrogen and oxygen atoms in total. The number of hydrogen-bond acceptors (Lipinski definition) is 4. The zero-order valence-electron chi connectivity index (χ0n) is 8.90. The van der Waals surface area contributed by atoms with Crippen molar-refractivity contribution in [3.8, 4) is 0 Å². The van der Waals surface area contributed by atoms with Gasteiger partial charge in [-0.05, 0) is 13.8 Å². The smallest absolute Gasteiger partial charge is 0.128 e. The monoisotopic (exact) mass is 206 g/mol. The maximum atomic E-state index is 5.65. The van der Waals surface area contributed by atoms with E-state index < -0.39 is 0 Å².